The summed E-state index contributed by atoms with van der Waals surface area (Å²) in [5.74, 6) is 3.66. The molecule has 8 nitrogen and oxygen atoms in total. The van der Waals surface area contributed by atoms with Gasteiger partial charge in [0.15, 0.2) is 11.8 Å². The lowest BCUT2D eigenvalue weighted by molar-refractivity contribution is 0.364. The number of aliphatic imine (C=N–C) groups is 1. The fourth-order valence-corrected chi connectivity index (χ4v) is 3.50. The van der Waals surface area contributed by atoms with Crippen LogP contribution in [0.2, 0.25) is 0 Å². The number of aromatic nitrogens is 2. The second kappa shape index (κ2) is 12.7. The Morgan fingerprint density at radius 3 is 2.61 bits per heavy atom. The average Bonchev–Trinajstić information content (AvgIpc) is 3.25. The van der Waals surface area contributed by atoms with E-state index in [0.29, 0.717) is 5.89 Å². The number of aryl methyl sites for hydroxylation is 1. The van der Waals surface area contributed by atoms with Gasteiger partial charge in [0.1, 0.15) is 5.75 Å². The zero-order chi connectivity index (χ0) is 21.3. The topological polar surface area (TPSA) is 79.0 Å². The van der Waals surface area contributed by atoms with Crippen molar-refractivity contribution < 1.29 is 9.26 Å². The molecule has 1 saturated heterocycles. The van der Waals surface area contributed by atoms with Gasteiger partial charge >= 0.3 is 0 Å². The number of hydrogen-bond acceptors (Lipinski definition) is 6. The Morgan fingerprint density at radius 1 is 1.23 bits per heavy atom. The Morgan fingerprint density at radius 2 is 1.97 bits per heavy atom. The molecule has 31 heavy (non-hydrogen) atoms. The number of para-hydroxylation sites is 2. The Kier molecular flexibility index (Phi) is 10.4. The largest absolute Gasteiger partial charge is 0.495 e. The number of hydrogen-bond donors (Lipinski definition) is 1. The van der Waals surface area contributed by atoms with Crippen molar-refractivity contribution in [1.82, 2.24) is 20.4 Å². The van der Waals surface area contributed by atoms with Gasteiger partial charge in [-0.3, -0.25) is 4.99 Å². The maximum atomic E-state index is 5.52. The minimum absolute atomic E-state index is 0. The second-order valence-electron chi connectivity index (χ2n) is 7.69. The zero-order valence-corrected chi connectivity index (χ0v) is 21.3. The van der Waals surface area contributed by atoms with Crippen LogP contribution in [0.25, 0.3) is 0 Å². The standard InChI is InChI=1S/C22H34N6O2.HI/c1-5-23-22(24-12-8-11-20-25-21(17(2)3)26-30-20)28-15-13-27(14-16-28)18-9-6-7-10-19(18)29-4;/h6-7,9-10,17H,5,8,11-16H2,1-4H3,(H,23,24);1H. The van der Waals surface area contributed by atoms with Crippen molar-refractivity contribution in [2.24, 2.45) is 4.99 Å². The van der Waals surface area contributed by atoms with Gasteiger partial charge in [-0.2, -0.15) is 4.98 Å². The lowest BCUT2D eigenvalue weighted by Crippen LogP contribution is -2.52. The van der Waals surface area contributed by atoms with Crippen LogP contribution in [0.1, 0.15) is 44.8 Å². The maximum absolute atomic E-state index is 5.52. The van der Waals surface area contributed by atoms with E-state index in [0.717, 1.165) is 75.3 Å². The van der Waals surface area contributed by atoms with E-state index in [2.05, 4.69) is 58.2 Å². The highest BCUT2D eigenvalue weighted by Gasteiger charge is 2.21. The lowest BCUT2D eigenvalue weighted by Gasteiger charge is -2.38. The Labute approximate surface area is 202 Å². The number of anilines is 1. The summed E-state index contributed by atoms with van der Waals surface area (Å²) in [6.07, 6.45) is 1.64. The van der Waals surface area contributed by atoms with Crippen molar-refractivity contribution in [2.75, 3.05) is 51.3 Å². The average molecular weight is 542 g/mol. The number of benzene rings is 1. The molecule has 1 aromatic carbocycles. The molecule has 9 heteroatoms. The zero-order valence-electron chi connectivity index (χ0n) is 19.0. The van der Waals surface area contributed by atoms with E-state index in [-0.39, 0.29) is 29.9 Å². The smallest absolute Gasteiger partial charge is 0.226 e. The first kappa shape index (κ1) is 25.2. The van der Waals surface area contributed by atoms with Crippen molar-refractivity contribution in [2.45, 2.75) is 39.5 Å². The Hall–Kier alpha value is -2.04. The van der Waals surface area contributed by atoms with E-state index in [1.54, 1.807) is 7.11 Å². The molecule has 0 atom stereocenters. The summed E-state index contributed by atoms with van der Waals surface area (Å²) in [6.45, 7) is 11.5. The summed E-state index contributed by atoms with van der Waals surface area (Å²) >= 11 is 0. The molecule has 1 aliphatic heterocycles. The van der Waals surface area contributed by atoms with E-state index in [1.807, 2.05) is 12.1 Å². The van der Waals surface area contributed by atoms with Gasteiger partial charge in [0.25, 0.3) is 0 Å². The first-order valence-electron chi connectivity index (χ1n) is 10.9. The Balaban J connectivity index is 0.00000341. The molecule has 0 spiro atoms. The second-order valence-corrected chi connectivity index (χ2v) is 7.69. The summed E-state index contributed by atoms with van der Waals surface area (Å²) in [5, 5.41) is 7.45. The number of methoxy groups -OCH3 is 1. The highest BCUT2D eigenvalue weighted by atomic mass is 127. The number of halogens is 1. The third-order valence-corrected chi connectivity index (χ3v) is 5.15. The monoisotopic (exact) mass is 542 g/mol. The number of nitrogens with one attached hydrogen (secondary N) is 1. The maximum Gasteiger partial charge on any atom is 0.226 e. The van der Waals surface area contributed by atoms with Gasteiger partial charge in [-0.1, -0.05) is 31.1 Å². The van der Waals surface area contributed by atoms with Crippen LogP contribution in [0.15, 0.2) is 33.8 Å². The van der Waals surface area contributed by atoms with Gasteiger partial charge in [-0.25, -0.2) is 0 Å². The van der Waals surface area contributed by atoms with E-state index < -0.39 is 0 Å². The van der Waals surface area contributed by atoms with Crippen molar-refractivity contribution >= 4 is 35.6 Å². The van der Waals surface area contributed by atoms with Gasteiger partial charge in [-0.05, 0) is 25.5 Å². The van der Waals surface area contributed by atoms with E-state index in [9.17, 15) is 0 Å². The highest BCUT2D eigenvalue weighted by Crippen LogP contribution is 2.28. The number of guanidine groups is 1. The molecule has 1 aliphatic rings. The van der Waals surface area contributed by atoms with Crippen LogP contribution in [-0.4, -0.2) is 67.4 Å². The van der Waals surface area contributed by atoms with E-state index in [1.165, 1.54) is 0 Å². The number of rotatable bonds is 8. The normalized spacial score (nSPS) is 14.5. The molecule has 1 N–H and O–H groups in total. The lowest BCUT2D eigenvalue weighted by atomic mass is 10.2. The molecule has 1 aromatic heterocycles. The van der Waals surface area contributed by atoms with E-state index >= 15 is 0 Å². The summed E-state index contributed by atoms with van der Waals surface area (Å²) in [6, 6.07) is 8.20. The molecule has 172 valence electrons. The van der Waals surface area contributed by atoms with Crippen molar-refractivity contribution in [1.29, 1.82) is 0 Å². The van der Waals surface area contributed by atoms with Crippen LogP contribution >= 0.6 is 24.0 Å². The summed E-state index contributed by atoms with van der Waals surface area (Å²) in [4.78, 5) is 14.0. The number of piperazine rings is 1. The highest BCUT2D eigenvalue weighted by molar-refractivity contribution is 14.0. The molecule has 0 amide bonds. The fourth-order valence-electron chi connectivity index (χ4n) is 3.50. The molecular formula is C22H35IN6O2. The molecule has 1 fully saturated rings. The molecule has 2 aromatic rings. The fraction of sp³-hybridized carbons (Fsp3) is 0.591. The third-order valence-electron chi connectivity index (χ3n) is 5.15. The summed E-state index contributed by atoms with van der Waals surface area (Å²) in [5.41, 5.74) is 1.15. The molecule has 0 radical (unpaired) electrons. The quantitative estimate of drug-likeness (QED) is 0.237. The molecule has 0 bridgehead atoms. The molecule has 3 rings (SSSR count). The summed E-state index contributed by atoms with van der Waals surface area (Å²) in [7, 11) is 1.73. The predicted molar refractivity (Wildman–Crippen MR) is 135 cm³/mol. The first-order chi connectivity index (χ1) is 14.6. The van der Waals surface area contributed by atoms with Crippen LogP contribution in [0.4, 0.5) is 5.69 Å². The van der Waals surface area contributed by atoms with Crippen molar-refractivity contribution in [3.8, 4) is 5.75 Å². The SMILES string of the molecule is CCNC(=NCCCc1nc(C(C)C)no1)N1CCN(c2ccccc2OC)CC1.I. The third kappa shape index (κ3) is 6.98. The van der Waals surface area contributed by atoms with Gasteiger partial charge in [0.2, 0.25) is 5.89 Å². The predicted octanol–water partition coefficient (Wildman–Crippen LogP) is 3.54. The van der Waals surface area contributed by atoms with Gasteiger partial charge < -0.3 is 24.4 Å². The molecule has 0 unspecified atom stereocenters. The van der Waals surface area contributed by atoms with Gasteiger partial charge in [0.05, 0.1) is 12.8 Å². The molecule has 2 heterocycles. The van der Waals surface area contributed by atoms with E-state index in [4.69, 9.17) is 14.3 Å². The Bertz CT molecular complexity index is 818. The molecule has 0 aliphatic carbocycles. The van der Waals surface area contributed by atoms with Crippen LogP contribution in [0.3, 0.4) is 0 Å². The number of nitrogens with zero attached hydrogens (tertiary/aromatic N) is 5. The first-order valence-corrected chi connectivity index (χ1v) is 10.9. The number of ether oxygens (including phenoxy) is 1. The minimum Gasteiger partial charge on any atom is -0.495 e. The van der Waals surface area contributed by atoms with Crippen LogP contribution in [0, 0.1) is 0 Å². The molecule has 0 saturated carbocycles. The minimum atomic E-state index is 0. The molecular weight excluding hydrogens is 507 g/mol. The van der Waals surface area contributed by atoms with Crippen LogP contribution in [-0.2, 0) is 6.42 Å². The van der Waals surface area contributed by atoms with Gasteiger partial charge in [-0.15, -0.1) is 24.0 Å². The van der Waals surface area contributed by atoms with Crippen molar-refractivity contribution in [3.05, 3.63) is 36.0 Å². The van der Waals surface area contributed by atoms with Crippen LogP contribution < -0.4 is 15.0 Å². The van der Waals surface area contributed by atoms with Crippen molar-refractivity contribution in [3.63, 3.8) is 0 Å². The summed E-state index contributed by atoms with van der Waals surface area (Å²) < 4.78 is 10.8. The van der Waals surface area contributed by atoms with Gasteiger partial charge in [0, 0.05) is 51.6 Å². The van der Waals surface area contributed by atoms with Crippen LogP contribution in [0.5, 0.6) is 5.75 Å².